The van der Waals surface area contributed by atoms with Gasteiger partial charge in [0.05, 0.1) is 18.4 Å². The summed E-state index contributed by atoms with van der Waals surface area (Å²) in [5.74, 6) is 2.33. The third-order valence-corrected chi connectivity index (χ3v) is 3.44. The monoisotopic (exact) mass is 259 g/mol. The molecule has 0 bridgehead atoms. The maximum atomic E-state index is 11.7. The molecule has 0 fully saturated rings. The van der Waals surface area contributed by atoms with Crippen LogP contribution in [-0.4, -0.2) is 24.4 Å². The number of terminal acetylenes is 1. The molecule has 0 aliphatic heterocycles. The van der Waals surface area contributed by atoms with E-state index >= 15 is 0 Å². The molecule has 1 rings (SSSR count). The van der Waals surface area contributed by atoms with Crippen molar-refractivity contribution in [3.05, 3.63) is 17.7 Å². The molecule has 7 heteroatoms. The Bertz CT molecular complexity index is 492. The molecule has 16 heavy (non-hydrogen) atoms. The molecule has 1 aromatic heterocycles. The number of nitrogens with zero attached hydrogens (tertiary/aromatic N) is 2. The number of hydrogen-bond donors (Lipinski definition) is 1. The zero-order chi connectivity index (χ0) is 12.2. The lowest BCUT2D eigenvalue weighted by Crippen LogP contribution is -2.33. The Morgan fingerprint density at radius 1 is 1.56 bits per heavy atom. The van der Waals surface area contributed by atoms with Crippen molar-refractivity contribution in [3.8, 4) is 12.3 Å². The van der Waals surface area contributed by atoms with E-state index in [-0.39, 0.29) is 10.2 Å². The van der Waals surface area contributed by atoms with Crippen LogP contribution < -0.4 is 4.72 Å². The van der Waals surface area contributed by atoms with Gasteiger partial charge in [0.15, 0.2) is 0 Å². The predicted molar refractivity (Wildman–Crippen MR) is 60.3 cm³/mol. The molecule has 1 N–H and O–H groups in total. The molecule has 0 radical (unpaired) electrons. The first kappa shape index (κ1) is 12.9. The largest absolute Gasteiger partial charge is 0.244 e. The lowest BCUT2D eigenvalue weighted by atomic mass is 10.3. The summed E-state index contributed by atoms with van der Waals surface area (Å²) in [6.45, 7) is 1.78. The van der Waals surface area contributed by atoms with Gasteiger partial charge in [-0.2, -0.15) is 4.72 Å². The van der Waals surface area contributed by atoms with Gasteiger partial charge in [-0.3, -0.25) is 0 Å². The second-order valence-corrected chi connectivity index (χ2v) is 4.99. The van der Waals surface area contributed by atoms with E-state index in [1.807, 2.05) is 0 Å². The van der Waals surface area contributed by atoms with Crippen LogP contribution in [0.25, 0.3) is 0 Å². The number of aromatic nitrogens is 2. The molecule has 1 aromatic rings. The van der Waals surface area contributed by atoms with E-state index in [9.17, 15) is 8.42 Å². The van der Waals surface area contributed by atoms with Crippen LogP contribution in [0, 0.1) is 12.3 Å². The van der Waals surface area contributed by atoms with Gasteiger partial charge in [0.2, 0.25) is 15.3 Å². The van der Waals surface area contributed by atoms with E-state index in [0.29, 0.717) is 6.42 Å². The predicted octanol–water partition coefficient (Wildman–Crippen LogP) is 0.820. The third-order valence-electron chi connectivity index (χ3n) is 1.81. The normalized spacial score (nSPS) is 13.1. The molecule has 0 aliphatic rings. The van der Waals surface area contributed by atoms with Crippen molar-refractivity contribution in [1.82, 2.24) is 14.7 Å². The van der Waals surface area contributed by atoms with Crippen molar-refractivity contribution in [2.45, 2.75) is 24.3 Å². The Kier molecular flexibility index (Phi) is 4.24. The first-order valence-electron chi connectivity index (χ1n) is 4.45. The van der Waals surface area contributed by atoms with Gasteiger partial charge in [-0.25, -0.2) is 18.4 Å². The summed E-state index contributed by atoms with van der Waals surface area (Å²) in [5, 5.41) is -0.0112. The van der Waals surface area contributed by atoms with Crippen molar-refractivity contribution in [2.75, 3.05) is 0 Å². The summed E-state index contributed by atoms with van der Waals surface area (Å²) in [4.78, 5) is 7.11. The van der Waals surface area contributed by atoms with E-state index in [1.165, 1.54) is 0 Å². The van der Waals surface area contributed by atoms with E-state index in [2.05, 4.69) is 20.6 Å². The fraction of sp³-hybridized carbons (Fsp3) is 0.333. The van der Waals surface area contributed by atoms with E-state index in [4.69, 9.17) is 18.0 Å². The lowest BCUT2D eigenvalue weighted by Gasteiger charge is -2.10. The molecular weight excluding hydrogens is 250 g/mol. The molecule has 0 aliphatic carbocycles. The van der Waals surface area contributed by atoms with Crippen LogP contribution in [0.4, 0.5) is 0 Å². The number of rotatable bonds is 4. The van der Waals surface area contributed by atoms with Gasteiger partial charge in [-0.05, 0) is 18.0 Å². The van der Waals surface area contributed by atoms with Gasteiger partial charge < -0.3 is 0 Å². The Hall–Kier alpha value is -1.16. The molecule has 1 atom stereocenters. The van der Waals surface area contributed by atoms with Gasteiger partial charge in [0, 0.05) is 0 Å². The minimum absolute atomic E-state index is 0.0112. The molecule has 5 nitrogen and oxygen atoms in total. The second-order valence-electron chi connectivity index (χ2n) is 2.94. The van der Waals surface area contributed by atoms with Crippen molar-refractivity contribution in [2.24, 2.45) is 0 Å². The molecular formula is C9H10ClN3O2S. The average Bonchev–Trinajstić information content (AvgIpc) is 2.26. The fourth-order valence-corrected chi connectivity index (χ4v) is 2.16. The Morgan fingerprint density at radius 3 is 2.56 bits per heavy atom. The summed E-state index contributed by atoms with van der Waals surface area (Å²) in [6.07, 6.45) is 7.92. The zero-order valence-corrected chi connectivity index (χ0v) is 10.1. The zero-order valence-electron chi connectivity index (χ0n) is 8.51. The van der Waals surface area contributed by atoms with Gasteiger partial charge in [0.1, 0.15) is 4.90 Å². The van der Waals surface area contributed by atoms with E-state index < -0.39 is 16.1 Å². The molecule has 0 amide bonds. The second kappa shape index (κ2) is 5.25. The van der Waals surface area contributed by atoms with Crippen LogP contribution in [0.1, 0.15) is 13.3 Å². The van der Waals surface area contributed by atoms with Crippen molar-refractivity contribution in [1.29, 1.82) is 0 Å². The van der Waals surface area contributed by atoms with Crippen molar-refractivity contribution >= 4 is 21.6 Å². The molecule has 1 unspecified atom stereocenters. The summed E-state index contributed by atoms with van der Waals surface area (Å²) >= 11 is 5.45. The third kappa shape index (κ3) is 3.17. The summed E-state index contributed by atoms with van der Waals surface area (Å²) in [5.41, 5.74) is 0. The van der Waals surface area contributed by atoms with E-state index in [0.717, 1.165) is 12.4 Å². The highest BCUT2D eigenvalue weighted by Gasteiger charge is 2.18. The number of nitrogens with one attached hydrogen (secondary N) is 1. The first-order valence-corrected chi connectivity index (χ1v) is 6.31. The van der Waals surface area contributed by atoms with Gasteiger partial charge >= 0.3 is 0 Å². The Morgan fingerprint density at radius 2 is 2.12 bits per heavy atom. The SMILES string of the molecule is C#CC(CC)NS(=O)(=O)c1cnc(Cl)nc1. The topological polar surface area (TPSA) is 72.0 Å². The number of halogens is 1. The van der Waals surface area contributed by atoms with Crippen LogP contribution >= 0.6 is 11.6 Å². The molecule has 1 heterocycles. The quantitative estimate of drug-likeness (QED) is 0.642. The maximum absolute atomic E-state index is 11.7. The maximum Gasteiger partial charge on any atom is 0.244 e. The molecule has 0 spiro atoms. The minimum atomic E-state index is -3.68. The van der Waals surface area contributed by atoms with Crippen LogP contribution in [0.5, 0.6) is 0 Å². The van der Waals surface area contributed by atoms with Crippen LogP contribution in [0.3, 0.4) is 0 Å². The van der Waals surface area contributed by atoms with Gasteiger partial charge in [-0.1, -0.05) is 12.8 Å². The van der Waals surface area contributed by atoms with Crippen LogP contribution in [0.2, 0.25) is 5.28 Å². The van der Waals surface area contributed by atoms with Crippen LogP contribution in [0.15, 0.2) is 17.3 Å². The molecule has 0 saturated carbocycles. The molecule has 0 aromatic carbocycles. The first-order chi connectivity index (χ1) is 7.49. The fourth-order valence-electron chi connectivity index (χ4n) is 0.930. The highest BCUT2D eigenvalue weighted by atomic mass is 35.5. The average molecular weight is 260 g/mol. The minimum Gasteiger partial charge on any atom is -0.225 e. The molecule has 0 saturated heterocycles. The van der Waals surface area contributed by atoms with E-state index in [1.54, 1.807) is 6.92 Å². The smallest absolute Gasteiger partial charge is 0.225 e. The van der Waals surface area contributed by atoms with Crippen molar-refractivity contribution < 1.29 is 8.42 Å². The Labute approximate surface area is 99.3 Å². The lowest BCUT2D eigenvalue weighted by molar-refractivity contribution is 0.569. The van der Waals surface area contributed by atoms with Gasteiger partial charge in [0.25, 0.3) is 0 Å². The Balaban J connectivity index is 2.95. The highest BCUT2D eigenvalue weighted by molar-refractivity contribution is 7.89. The number of hydrogen-bond acceptors (Lipinski definition) is 4. The molecule has 86 valence electrons. The summed E-state index contributed by atoms with van der Waals surface area (Å²) < 4.78 is 25.8. The number of sulfonamides is 1. The standard InChI is InChI=1S/C9H10ClN3O2S/c1-3-7(4-2)13-16(14,15)8-5-11-9(10)12-6-8/h1,5-7,13H,4H2,2H3. The van der Waals surface area contributed by atoms with Crippen molar-refractivity contribution in [3.63, 3.8) is 0 Å². The summed E-state index contributed by atoms with van der Waals surface area (Å²) in [7, 11) is -3.68. The van der Waals surface area contributed by atoms with Crippen LogP contribution in [-0.2, 0) is 10.0 Å². The summed E-state index contributed by atoms with van der Waals surface area (Å²) in [6, 6.07) is -0.541. The van der Waals surface area contributed by atoms with Gasteiger partial charge in [-0.15, -0.1) is 6.42 Å². The highest BCUT2D eigenvalue weighted by Crippen LogP contribution is 2.08.